The number of benzene rings is 1. The molecular formula is C15H17ClN2O2S. The molecule has 1 aromatic heterocycles. The fourth-order valence-electron chi connectivity index (χ4n) is 2.82. The van der Waals surface area contributed by atoms with E-state index in [1.54, 1.807) is 0 Å². The maximum Gasteiger partial charge on any atom is 0.313 e. The summed E-state index contributed by atoms with van der Waals surface area (Å²) in [4.78, 5) is 15.4. The molecule has 1 aliphatic rings. The van der Waals surface area contributed by atoms with Gasteiger partial charge in [-0.2, -0.15) is 0 Å². The lowest BCUT2D eigenvalue weighted by atomic mass is 9.80. The Labute approximate surface area is 132 Å². The number of para-hydroxylation sites is 1. The van der Waals surface area contributed by atoms with E-state index in [0.717, 1.165) is 16.2 Å². The fourth-order valence-corrected chi connectivity index (χ4v) is 3.90. The number of hydrogen-bond acceptors (Lipinski definition) is 3. The van der Waals surface area contributed by atoms with Crippen molar-refractivity contribution in [3.05, 3.63) is 23.2 Å². The smallest absolute Gasteiger partial charge is 0.313 e. The molecule has 0 bridgehead atoms. The van der Waals surface area contributed by atoms with Crippen LogP contribution >= 0.6 is 23.4 Å². The topological polar surface area (TPSA) is 55.1 Å². The van der Waals surface area contributed by atoms with Crippen LogP contribution in [0.3, 0.4) is 0 Å². The molecule has 1 fully saturated rings. The van der Waals surface area contributed by atoms with Crippen LogP contribution in [-0.4, -0.2) is 26.4 Å². The third-order valence-corrected chi connectivity index (χ3v) is 5.44. The Hall–Kier alpha value is -1.20. The minimum Gasteiger partial charge on any atom is -0.481 e. The Bertz CT molecular complexity index is 682. The molecule has 0 spiro atoms. The molecule has 3 rings (SSSR count). The molecule has 2 aromatic rings. The minimum atomic E-state index is -0.832. The average Bonchev–Trinajstić information content (AvgIpc) is 2.74. The van der Waals surface area contributed by atoms with Gasteiger partial charge in [0.1, 0.15) is 0 Å². The number of carboxylic acids is 1. The van der Waals surface area contributed by atoms with Crippen LogP contribution in [0.15, 0.2) is 23.4 Å². The van der Waals surface area contributed by atoms with Crippen molar-refractivity contribution < 1.29 is 9.90 Å². The number of aromatic nitrogens is 2. The molecule has 21 heavy (non-hydrogen) atoms. The van der Waals surface area contributed by atoms with Crippen LogP contribution < -0.4 is 0 Å². The second kappa shape index (κ2) is 5.89. The highest BCUT2D eigenvalue weighted by Gasteiger charge is 2.29. The first-order chi connectivity index (χ1) is 10.1. The van der Waals surface area contributed by atoms with Crippen LogP contribution in [0.5, 0.6) is 0 Å². The third-order valence-electron chi connectivity index (χ3n) is 4.19. The van der Waals surface area contributed by atoms with Gasteiger partial charge in [0.25, 0.3) is 0 Å². The molecule has 0 amide bonds. The van der Waals surface area contributed by atoms with Gasteiger partial charge in [-0.05, 0) is 37.8 Å². The average molecular weight is 325 g/mol. The first-order valence-corrected chi connectivity index (χ1v) is 8.45. The summed E-state index contributed by atoms with van der Waals surface area (Å²) in [5.41, 5.74) is 1.76. The molecule has 1 saturated carbocycles. The van der Waals surface area contributed by atoms with Crippen LogP contribution in [-0.2, 0) is 4.79 Å². The van der Waals surface area contributed by atoms with Gasteiger partial charge in [0.15, 0.2) is 5.16 Å². The largest absolute Gasteiger partial charge is 0.481 e. The Morgan fingerprint density at radius 3 is 2.95 bits per heavy atom. The molecule has 4 nitrogen and oxygen atoms in total. The SMILES string of the molecule is CC(C1CCC1)n1c(SCC(=O)O)nc2cccc(Cl)c21. The molecular weight excluding hydrogens is 308 g/mol. The second-order valence-electron chi connectivity index (χ2n) is 5.49. The van der Waals surface area contributed by atoms with Gasteiger partial charge in [-0.3, -0.25) is 4.79 Å². The number of hydrogen-bond donors (Lipinski definition) is 1. The van der Waals surface area contributed by atoms with Gasteiger partial charge in [-0.15, -0.1) is 0 Å². The van der Waals surface area contributed by atoms with E-state index in [9.17, 15) is 4.79 Å². The van der Waals surface area contributed by atoms with Gasteiger partial charge in [0.2, 0.25) is 0 Å². The molecule has 1 aliphatic carbocycles. The molecule has 0 radical (unpaired) electrons. The van der Waals surface area contributed by atoms with E-state index in [2.05, 4.69) is 16.5 Å². The Morgan fingerprint density at radius 1 is 1.57 bits per heavy atom. The van der Waals surface area contributed by atoms with Crippen molar-refractivity contribution in [2.45, 2.75) is 37.4 Å². The van der Waals surface area contributed by atoms with Crippen molar-refractivity contribution in [3.63, 3.8) is 0 Å². The Balaban J connectivity index is 2.07. The Kier molecular flexibility index (Phi) is 4.13. The van der Waals surface area contributed by atoms with E-state index in [1.807, 2.05) is 18.2 Å². The normalized spacial score (nSPS) is 16.9. The van der Waals surface area contributed by atoms with Gasteiger partial charge in [-0.25, -0.2) is 4.98 Å². The van der Waals surface area contributed by atoms with Gasteiger partial charge >= 0.3 is 5.97 Å². The van der Waals surface area contributed by atoms with Crippen molar-refractivity contribution in [1.29, 1.82) is 0 Å². The summed E-state index contributed by atoms with van der Waals surface area (Å²) < 4.78 is 2.13. The van der Waals surface area contributed by atoms with E-state index in [0.29, 0.717) is 17.0 Å². The first-order valence-electron chi connectivity index (χ1n) is 7.09. The lowest BCUT2D eigenvalue weighted by Gasteiger charge is -2.33. The molecule has 1 aromatic carbocycles. The lowest BCUT2D eigenvalue weighted by Crippen LogP contribution is -2.23. The minimum absolute atomic E-state index is 0.0122. The summed E-state index contributed by atoms with van der Waals surface area (Å²) in [6.07, 6.45) is 3.70. The van der Waals surface area contributed by atoms with Crippen LogP contribution in [0.25, 0.3) is 11.0 Å². The van der Waals surface area contributed by atoms with Gasteiger partial charge in [-0.1, -0.05) is 35.9 Å². The van der Waals surface area contributed by atoms with E-state index in [4.69, 9.17) is 16.7 Å². The van der Waals surface area contributed by atoms with Crippen molar-refractivity contribution in [3.8, 4) is 0 Å². The summed E-state index contributed by atoms with van der Waals surface area (Å²) in [7, 11) is 0. The summed E-state index contributed by atoms with van der Waals surface area (Å²) >= 11 is 7.63. The van der Waals surface area contributed by atoms with Gasteiger partial charge in [0.05, 0.1) is 21.8 Å². The molecule has 112 valence electrons. The van der Waals surface area contributed by atoms with Crippen molar-refractivity contribution in [2.75, 3.05) is 5.75 Å². The van der Waals surface area contributed by atoms with Gasteiger partial charge < -0.3 is 9.67 Å². The molecule has 6 heteroatoms. The number of nitrogens with zero attached hydrogens (tertiary/aromatic N) is 2. The molecule has 0 aliphatic heterocycles. The van der Waals surface area contributed by atoms with E-state index < -0.39 is 5.97 Å². The summed E-state index contributed by atoms with van der Waals surface area (Å²) in [5, 5.41) is 10.3. The molecule has 1 atom stereocenters. The predicted molar refractivity (Wildman–Crippen MR) is 85.2 cm³/mol. The van der Waals surface area contributed by atoms with Crippen molar-refractivity contribution in [1.82, 2.24) is 9.55 Å². The first kappa shape index (κ1) is 14.7. The number of imidazole rings is 1. The zero-order valence-electron chi connectivity index (χ0n) is 11.8. The molecule has 1 N–H and O–H groups in total. The van der Waals surface area contributed by atoms with Crippen LogP contribution in [0.1, 0.15) is 32.2 Å². The van der Waals surface area contributed by atoms with E-state index >= 15 is 0 Å². The molecule has 1 heterocycles. The van der Waals surface area contributed by atoms with E-state index in [1.165, 1.54) is 31.0 Å². The summed E-state index contributed by atoms with van der Waals surface area (Å²) in [5.74, 6) is -0.193. The number of rotatable bonds is 5. The zero-order chi connectivity index (χ0) is 15.0. The van der Waals surface area contributed by atoms with Gasteiger partial charge in [0, 0.05) is 6.04 Å². The zero-order valence-corrected chi connectivity index (χ0v) is 13.3. The molecule has 0 saturated heterocycles. The van der Waals surface area contributed by atoms with E-state index in [-0.39, 0.29) is 5.75 Å². The maximum atomic E-state index is 10.9. The summed E-state index contributed by atoms with van der Waals surface area (Å²) in [6.45, 7) is 2.18. The van der Waals surface area contributed by atoms with Crippen molar-refractivity contribution >= 4 is 40.4 Å². The number of carboxylic acid groups (broad SMARTS) is 1. The van der Waals surface area contributed by atoms with Crippen LogP contribution in [0, 0.1) is 5.92 Å². The predicted octanol–water partition coefficient (Wildman–Crippen LogP) is 4.23. The summed E-state index contributed by atoms with van der Waals surface area (Å²) in [6, 6.07) is 5.96. The Morgan fingerprint density at radius 2 is 2.33 bits per heavy atom. The monoisotopic (exact) mass is 324 g/mol. The van der Waals surface area contributed by atoms with Crippen molar-refractivity contribution in [2.24, 2.45) is 5.92 Å². The number of aliphatic carboxylic acids is 1. The second-order valence-corrected chi connectivity index (χ2v) is 6.84. The highest BCUT2D eigenvalue weighted by molar-refractivity contribution is 7.99. The standard InChI is InChI=1S/C15H17ClN2O2S/c1-9(10-4-2-5-10)18-14-11(16)6-3-7-12(14)17-15(18)21-8-13(19)20/h3,6-7,9-10H,2,4-5,8H2,1H3,(H,19,20). The lowest BCUT2D eigenvalue weighted by molar-refractivity contribution is -0.133. The third kappa shape index (κ3) is 2.77. The number of fused-ring (bicyclic) bond motifs is 1. The highest BCUT2D eigenvalue weighted by Crippen LogP contribution is 2.41. The fraction of sp³-hybridized carbons (Fsp3) is 0.467. The number of carbonyl (C=O) groups is 1. The van der Waals surface area contributed by atoms with Crippen LogP contribution in [0.2, 0.25) is 5.02 Å². The maximum absolute atomic E-state index is 10.9. The van der Waals surface area contributed by atoms with Crippen LogP contribution in [0.4, 0.5) is 0 Å². The number of thioether (sulfide) groups is 1. The quantitative estimate of drug-likeness (QED) is 0.836. The number of halogens is 1. The molecule has 1 unspecified atom stereocenters. The highest BCUT2D eigenvalue weighted by atomic mass is 35.5.